The van der Waals surface area contributed by atoms with E-state index in [-0.39, 0.29) is 12.5 Å². The van der Waals surface area contributed by atoms with Gasteiger partial charge in [0.25, 0.3) is 5.91 Å². The highest BCUT2D eigenvalue weighted by Crippen LogP contribution is 2.26. The molecule has 0 unspecified atom stereocenters. The average molecular weight is 427 g/mol. The molecular weight excluding hydrogens is 408 g/mol. The quantitative estimate of drug-likeness (QED) is 0.467. The van der Waals surface area contributed by atoms with E-state index < -0.39 is 0 Å². The molecule has 0 atom stereocenters. The number of carbonyl (C=O) groups is 1. The Bertz CT molecular complexity index is 1000. The minimum absolute atomic E-state index is 0.120. The molecule has 0 aromatic heterocycles. The predicted octanol–water partition coefficient (Wildman–Crippen LogP) is 4.45. The monoisotopic (exact) mass is 426 g/mol. The summed E-state index contributed by atoms with van der Waals surface area (Å²) in [5.41, 5.74) is 4.33. The molecular formula is C21H19BrN2O3. The van der Waals surface area contributed by atoms with Crippen molar-refractivity contribution in [1.82, 2.24) is 5.43 Å². The van der Waals surface area contributed by atoms with Crippen molar-refractivity contribution in [2.45, 2.75) is 6.92 Å². The number of aryl methyl sites for hydroxylation is 1. The summed E-state index contributed by atoms with van der Waals surface area (Å²) >= 11 is 3.43. The summed E-state index contributed by atoms with van der Waals surface area (Å²) in [6, 6.07) is 17.3. The van der Waals surface area contributed by atoms with Crippen LogP contribution in [0.3, 0.4) is 0 Å². The van der Waals surface area contributed by atoms with Gasteiger partial charge in [0.05, 0.1) is 13.3 Å². The molecule has 3 aromatic carbocycles. The van der Waals surface area contributed by atoms with Crippen LogP contribution in [-0.2, 0) is 4.79 Å². The number of benzene rings is 3. The maximum atomic E-state index is 12.0. The molecule has 0 saturated carbocycles. The van der Waals surface area contributed by atoms with Gasteiger partial charge in [0.15, 0.2) is 6.61 Å². The molecule has 0 spiro atoms. The summed E-state index contributed by atoms with van der Waals surface area (Å²) in [6.07, 6.45) is 1.59. The van der Waals surface area contributed by atoms with Gasteiger partial charge in [-0.15, -0.1) is 0 Å². The van der Waals surface area contributed by atoms with Crippen LogP contribution >= 0.6 is 15.9 Å². The van der Waals surface area contributed by atoms with Crippen molar-refractivity contribution in [3.05, 3.63) is 70.2 Å². The van der Waals surface area contributed by atoms with Crippen LogP contribution in [-0.4, -0.2) is 25.8 Å². The van der Waals surface area contributed by atoms with Crippen molar-refractivity contribution in [3.8, 4) is 11.5 Å². The fraction of sp³-hybridized carbons (Fsp3) is 0.143. The second kappa shape index (κ2) is 8.68. The van der Waals surface area contributed by atoms with Crippen LogP contribution in [0.4, 0.5) is 0 Å². The normalized spacial score (nSPS) is 10.9. The third-order valence-corrected chi connectivity index (χ3v) is 4.92. The molecule has 5 nitrogen and oxygen atoms in total. The molecule has 0 saturated heterocycles. The number of hydrogen-bond donors (Lipinski definition) is 1. The standard InChI is InChI=1S/C21H19BrN2O3/c1-14-11-16(8-9-19(14)22)27-13-21(25)24-23-12-18-17-6-4-3-5-15(17)7-10-20(18)26-2/h3-12H,13H2,1-2H3,(H,24,25)/b23-12+. The lowest BCUT2D eigenvalue weighted by Crippen LogP contribution is -2.24. The van der Waals surface area contributed by atoms with Gasteiger partial charge < -0.3 is 9.47 Å². The van der Waals surface area contributed by atoms with E-state index in [0.29, 0.717) is 11.5 Å². The number of amides is 1. The molecule has 3 aromatic rings. The van der Waals surface area contributed by atoms with E-state index >= 15 is 0 Å². The number of halogens is 1. The average Bonchev–Trinajstić information content (AvgIpc) is 2.69. The highest BCUT2D eigenvalue weighted by atomic mass is 79.9. The van der Waals surface area contributed by atoms with E-state index in [2.05, 4.69) is 26.5 Å². The molecule has 0 aliphatic heterocycles. The molecule has 0 bridgehead atoms. The zero-order valence-corrected chi connectivity index (χ0v) is 16.6. The summed E-state index contributed by atoms with van der Waals surface area (Å²) < 4.78 is 11.9. The summed E-state index contributed by atoms with van der Waals surface area (Å²) in [5, 5.41) is 6.12. The number of hydrazone groups is 1. The Kier molecular flexibility index (Phi) is 6.08. The van der Waals surface area contributed by atoms with Crippen molar-refractivity contribution in [2.75, 3.05) is 13.7 Å². The molecule has 0 heterocycles. The number of methoxy groups -OCH3 is 1. The number of carbonyl (C=O) groups excluding carboxylic acids is 1. The van der Waals surface area contributed by atoms with Crippen LogP contribution in [0.15, 0.2) is 64.2 Å². The van der Waals surface area contributed by atoms with E-state index in [4.69, 9.17) is 9.47 Å². The maximum Gasteiger partial charge on any atom is 0.277 e. The first-order valence-corrected chi connectivity index (χ1v) is 9.14. The van der Waals surface area contributed by atoms with E-state index in [1.54, 1.807) is 19.4 Å². The Balaban J connectivity index is 1.65. The summed E-state index contributed by atoms with van der Waals surface area (Å²) in [5.74, 6) is 0.977. The Labute approximate surface area is 166 Å². The molecule has 0 aliphatic rings. The van der Waals surface area contributed by atoms with Crippen molar-refractivity contribution >= 4 is 38.8 Å². The molecule has 3 rings (SSSR count). The highest BCUT2D eigenvalue weighted by molar-refractivity contribution is 9.10. The van der Waals surface area contributed by atoms with E-state index in [1.165, 1.54) is 0 Å². The second-order valence-electron chi connectivity index (χ2n) is 5.90. The van der Waals surface area contributed by atoms with Gasteiger partial charge in [-0.1, -0.05) is 46.3 Å². The van der Waals surface area contributed by atoms with Crippen LogP contribution in [0.2, 0.25) is 0 Å². The molecule has 0 aliphatic carbocycles. The Morgan fingerprint density at radius 3 is 2.78 bits per heavy atom. The first-order chi connectivity index (χ1) is 13.1. The third-order valence-electron chi connectivity index (χ3n) is 4.03. The smallest absolute Gasteiger partial charge is 0.277 e. The van der Waals surface area contributed by atoms with Gasteiger partial charge in [0.1, 0.15) is 11.5 Å². The molecule has 0 fully saturated rings. The lowest BCUT2D eigenvalue weighted by molar-refractivity contribution is -0.123. The number of ether oxygens (including phenoxy) is 2. The first-order valence-electron chi connectivity index (χ1n) is 8.35. The number of nitrogens with zero attached hydrogens (tertiary/aromatic N) is 1. The van der Waals surface area contributed by atoms with Crippen molar-refractivity contribution in [1.29, 1.82) is 0 Å². The van der Waals surface area contributed by atoms with Crippen LogP contribution in [0.5, 0.6) is 11.5 Å². The van der Waals surface area contributed by atoms with Gasteiger partial charge in [0.2, 0.25) is 0 Å². The first kappa shape index (κ1) is 18.9. The fourth-order valence-corrected chi connectivity index (χ4v) is 2.89. The van der Waals surface area contributed by atoms with Gasteiger partial charge in [-0.05, 0) is 47.5 Å². The van der Waals surface area contributed by atoms with E-state index in [9.17, 15) is 4.79 Å². The molecule has 6 heteroatoms. The Morgan fingerprint density at radius 1 is 1.19 bits per heavy atom. The zero-order valence-electron chi connectivity index (χ0n) is 15.0. The van der Waals surface area contributed by atoms with Gasteiger partial charge in [-0.3, -0.25) is 4.79 Å². The zero-order chi connectivity index (χ0) is 19.2. The number of hydrogen-bond acceptors (Lipinski definition) is 4. The van der Waals surface area contributed by atoms with Crippen LogP contribution in [0, 0.1) is 6.92 Å². The Hall–Kier alpha value is -2.86. The maximum absolute atomic E-state index is 12.0. The number of rotatable bonds is 6. The molecule has 1 amide bonds. The highest BCUT2D eigenvalue weighted by Gasteiger charge is 2.07. The third kappa shape index (κ3) is 4.65. The lowest BCUT2D eigenvalue weighted by atomic mass is 10.0. The minimum atomic E-state index is -0.342. The van der Waals surface area contributed by atoms with Crippen LogP contribution in [0.25, 0.3) is 10.8 Å². The van der Waals surface area contributed by atoms with Gasteiger partial charge in [-0.25, -0.2) is 5.43 Å². The minimum Gasteiger partial charge on any atom is -0.496 e. The van der Waals surface area contributed by atoms with Crippen LogP contribution < -0.4 is 14.9 Å². The molecule has 1 N–H and O–H groups in total. The van der Waals surface area contributed by atoms with Gasteiger partial charge >= 0.3 is 0 Å². The van der Waals surface area contributed by atoms with E-state index in [0.717, 1.165) is 26.4 Å². The second-order valence-corrected chi connectivity index (χ2v) is 6.75. The van der Waals surface area contributed by atoms with Crippen molar-refractivity contribution < 1.29 is 14.3 Å². The number of nitrogens with one attached hydrogen (secondary N) is 1. The predicted molar refractivity (Wildman–Crippen MR) is 111 cm³/mol. The lowest BCUT2D eigenvalue weighted by Gasteiger charge is -2.09. The fourth-order valence-electron chi connectivity index (χ4n) is 2.64. The molecule has 0 radical (unpaired) electrons. The SMILES string of the molecule is COc1ccc2ccccc2c1/C=N/NC(=O)COc1ccc(Br)c(C)c1. The molecule has 138 valence electrons. The summed E-state index contributed by atoms with van der Waals surface area (Å²) in [7, 11) is 1.61. The summed E-state index contributed by atoms with van der Waals surface area (Å²) in [6.45, 7) is 1.84. The van der Waals surface area contributed by atoms with Crippen molar-refractivity contribution in [3.63, 3.8) is 0 Å². The topological polar surface area (TPSA) is 59.9 Å². The van der Waals surface area contributed by atoms with Crippen molar-refractivity contribution in [2.24, 2.45) is 5.10 Å². The van der Waals surface area contributed by atoms with E-state index in [1.807, 2.05) is 55.5 Å². The number of fused-ring (bicyclic) bond motifs is 1. The van der Waals surface area contributed by atoms with Gasteiger partial charge in [-0.2, -0.15) is 5.10 Å². The Morgan fingerprint density at radius 2 is 2.00 bits per heavy atom. The molecule has 27 heavy (non-hydrogen) atoms. The van der Waals surface area contributed by atoms with Crippen LogP contribution in [0.1, 0.15) is 11.1 Å². The largest absolute Gasteiger partial charge is 0.496 e. The summed E-state index contributed by atoms with van der Waals surface area (Å²) in [4.78, 5) is 12.0. The van der Waals surface area contributed by atoms with Gasteiger partial charge in [0, 0.05) is 10.0 Å².